The van der Waals surface area contributed by atoms with Crippen molar-refractivity contribution in [2.24, 2.45) is 0 Å². The maximum atomic E-state index is 12.9. The van der Waals surface area contributed by atoms with E-state index in [9.17, 15) is 13.2 Å². The minimum absolute atomic E-state index is 0.0675. The van der Waals surface area contributed by atoms with Gasteiger partial charge in [-0.05, 0) is 55.3 Å². The Morgan fingerprint density at radius 3 is 2.46 bits per heavy atom. The van der Waals surface area contributed by atoms with Gasteiger partial charge < -0.3 is 4.90 Å². The topological polar surface area (TPSA) is 54.5 Å². The molecule has 6 heteroatoms. The number of carbonyl (C=O) groups is 1. The van der Waals surface area contributed by atoms with Crippen LogP contribution in [-0.4, -0.2) is 31.9 Å². The van der Waals surface area contributed by atoms with Crippen molar-refractivity contribution >= 4 is 33.2 Å². The number of thioether (sulfide) groups is 1. The molecule has 3 rings (SSSR count). The van der Waals surface area contributed by atoms with E-state index in [0.717, 1.165) is 4.90 Å². The van der Waals surface area contributed by atoms with Crippen LogP contribution < -0.4 is 4.90 Å². The lowest BCUT2D eigenvalue weighted by Gasteiger charge is -2.27. The molecule has 1 amide bonds. The molecule has 136 valence electrons. The second kappa shape index (κ2) is 7.68. The minimum Gasteiger partial charge on any atom is -0.304 e. The van der Waals surface area contributed by atoms with Gasteiger partial charge in [0.1, 0.15) is 0 Å². The first-order chi connectivity index (χ1) is 12.4. The molecule has 2 aromatic carbocycles. The standard InChI is InChI=1S/C20H21NO3S2/c1-15-8-9-19(12-16(15)2)25-13-20(22)21(17-6-4-3-5-7-17)18-10-11-26(23,24)14-18/h3-12,18H,13-14H2,1-2H3/t18-/m0/s1. The third-order valence-electron chi connectivity index (χ3n) is 4.39. The Hall–Kier alpha value is -2.05. The molecule has 1 atom stereocenters. The lowest BCUT2D eigenvalue weighted by atomic mass is 10.1. The van der Waals surface area contributed by atoms with Gasteiger partial charge in [0.2, 0.25) is 5.91 Å². The van der Waals surface area contributed by atoms with Crippen LogP contribution in [0.1, 0.15) is 11.1 Å². The molecule has 0 aliphatic carbocycles. The van der Waals surface area contributed by atoms with Crippen LogP contribution in [0.5, 0.6) is 0 Å². The molecule has 0 fully saturated rings. The number of amides is 1. The number of sulfone groups is 1. The van der Waals surface area contributed by atoms with E-state index in [1.165, 1.54) is 28.3 Å². The normalized spacial score (nSPS) is 18.0. The lowest BCUT2D eigenvalue weighted by molar-refractivity contribution is -0.116. The highest BCUT2D eigenvalue weighted by atomic mass is 32.2. The zero-order chi connectivity index (χ0) is 18.7. The number of hydrogen-bond acceptors (Lipinski definition) is 4. The first-order valence-corrected chi connectivity index (χ1v) is 11.0. The SMILES string of the molecule is Cc1ccc(SCC(=O)N(c2ccccc2)[C@H]2C=CS(=O)(=O)C2)cc1C. The number of carbonyl (C=O) groups excluding carboxylic acids is 1. The molecule has 26 heavy (non-hydrogen) atoms. The van der Waals surface area contributed by atoms with E-state index >= 15 is 0 Å². The van der Waals surface area contributed by atoms with Crippen molar-refractivity contribution in [3.63, 3.8) is 0 Å². The molecule has 2 aromatic rings. The number of aryl methyl sites for hydroxylation is 2. The van der Waals surface area contributed by atoms with E-state index in [-0.39, 0.29) is 17.4 Å². The molecule has 0 aromatic heterocycles. The van der Waals surface area contributed by atoms with E-state index in [0.29, 0.717) is 5.69 Å². The highest BCUT2D eigenvalue weighted by molar-refractivity contribution is 8.00. The summed E-state index contributed by atoms with van der Waals surface area (Å²) in [5.74, 6) is 0.0789. The number of hydrogen-bond donors (Lipinski definition) is 0. The Bertz CT molecular complexity index is 937. The van der Waals surface area contributed by atoms with E-state index in [1.807, 2.05) is 49.4 Å². The summed E-state index contributed by atoms with van der Waals surface area (Å²) in [5.41, 5.74) is 3.12. The fourth-order valence-corrected chi connectivity index (χ4v) is 4.97. The van der Waals surface area contributed by atoms with Gasteiger partial charge in [-0.15, -0.1) is 11.8 Å². The third-order valence-corrected chi connectivity index (χ3v) is 6.74. The van der Waals surface area contributed by atoms with E-state index in [2.05, 4.69) is 13.0 Å². The first kappa shape index (κ1) is 18.7. The van der Waals surface area contributed by atoms with Crippen molar-refractivity contribution in [2.45, 2.75) is 24.8 Å². The van der Waals surface area contributed by atoms with Gasteiger partial charge in [-0.25, -0.2) is 8.42 Å². The predicted octanol–water partition coefficient (Wildman–Crippen LogP) is 3.74. The largest absolute Gasteiger partial charge is 0.304 e. The Morgan fingerprint density at radius 1 is 1.12 bits per heavy atom. The van der Waals surface area contributed by atoms with Crippen LogP contribution in [0.15, 0.2) is 64.9 Å². The monoisotopic (exact) mass is 387 g/mol. The molecule has 0 saturated heterocycles. The summed E-state index contributed by atoms with van der Waals surface area (Å²) < 4.78 is 23.6. The number of nitrogens with zero attached hydrogens (tertiary/aromatic N) is 1. The summed E-state index contributed by atoms with van der Waals surface area (Å²) in [5, 5.41) is 1.21. The quantitative estimate of drug-likeness (QED) is 0.734. The molecule has 4 nitrogen and oxygen atoms in total. The molecule has 0 saturated carbocycles. The summed E-state index contributed by atoms with van der Waals surface area (Å²) in [6.07, 6.45) is 1.60. The van der Waals surface area contributed by atoms with Gasteiger partial charge in [0.25, 0.3) is 0 Å². The molecule has 0 radical (unpaired) electrons. The summed E-state index contributed by atoms with van der Waals surface area (Å²) in [6.45, 7) is 4.10. The molecule has 1 aliphatic heterocycles. The molecule has 0 spiro atoms. The van der Waals surface area contributed by atoms with Crippen LogP contribution in [0.4, 0.5) is 5.69 Å². The van der Waals surface area contributed by atoms with Gasteiger partial charge in [0, 0.05) is 16.0 Å². The molecular formula is C20H21NO3S2. The maximum absolute atomic E-state index is 12.9. The highest BCUT2D eigenvalue weighted by Crippen LogP contribution is 2.26. The summed E-state index contributed by atoms with van der Waals surface area (Å²) >= 11 is 1.47. The van der Waals surface area contributed by atoms with Crippen LogP contribution in [0.2, 0.25) is 0 Å². The van der Waals surface area contributed by atoms with Gasteiger partial charge in [-0.2, -0.15) is 0 Å². The maximum Gasteiger partial charge on any atom is 0.237 e. The summed E-state index contributed by atoms with van der Waals surface area (Å²) in [4.78, 5) is 15.6. The van der Waals surface area contributed by atoms with Crippen molar-refractivity contribution in [2.75, 3.05) is 16.4 Å². The summed E-state index contributed by atoms with van der Waals surface area (Å²) in [7, 11) is -3.24. The number of benzene rings is 2. The van der Waals surface area contributed by atoms with E-state index < -0.39 is 15.9 Å². The van der Waals surface area contributed by atoms with Crippen LogP contribution in [0, 0.1) is 13.8 Å². The number of para-hydroxylation sites is 1. The number of rotatable bonds is 5. The fourth-order valence-electron chi connectivity index (χ4n) is 2.85. The Labute approximate surface area is 158 Å². The van der Waals surface area contributed by atoms with E-state index in [4.69, 9.17) is 0 Å². The van der Waals surface area contributed by atoms with Gasteiger partial charge in [0.15, 0.2) is 9.84 Å². The smallest absolute Gasteiger partial charge is 0.237 e. The van der Waals surface area contributed by atoms with Crippen molar-refractivity contribution in [1.82, 2.24) is 0 Å². The molecule has 1 aliphatic rings. The Kier molecular flexibility index (Phi) is 5.53. The van der Waals surface area contributed by atoms with Crippen LogP contribution in [0.3, 0.4) is 0 Å². The average Bonchev–Trinajstić information content (AvgIpc) is 2.96. The second-order valence-electron chi connectivity index (χ2n) is 6.36. The predicted molar refractivity (Wildman–Crippen MR) is 107 cm³/mol. The van der Waals surface area contributed by atoms with Crippen molar-refractivity contribution < 1.29 is 13.2 Å². The van der Waals surface area contributed by atoms with Crippen molar-refractivity contribution in [3.05, 3.63) is 71.1 Å². The van der Waals surface area contributed by atoms with Gasteiger partial charge in [-0.1, -0.05) is 24.3 Å². The van der Waals surface area contributed by atoms with Crippen LogP contribution in [-0.2, 0) is 14.6 Å². The van der Waals surface area contributed by atoms with Gasteiger partial charge >= 0.3 is 0 Å². The van der Waals surface area contributed by atoms with Crippen LogP contribution in [0.25, 0.3) is 0 Å². The third kappa shape index (κ3) is 4.37. The van der Waals surface area contributed by atoms with Gasteiger partial charge in [0.05, 0.1) is 17.5 Å². The van der Waals surface area contributed by atoms with Gasteiger partial charge in [-0.3, -0.25) is 4.79 Å². The first-order valence-electron chi connectivity index (χ1n) is 8.34. The Morgan fingerprint density at radius 2 is 1.85 bits per heavy atom. The molecule has 0 unspecified atom stereocenters. The highest BCUT2D eigenvalue weighted by Gasteiger charge is 2.31. The average molecular weight is 388 g/mol. The molecule has 0 N–H and O–H groups in total. The van der Waals surface area contributed by atoms with E-state index in [1.54, 1.807) is 11.0 Å². The molecular weight excluding hydrogens is 366 g/mol. The summed E-state index contributed by atoms with van der Waals surface area (Å²) in [6, 6.07) is 14.9. The second-order valence-corrected chi connectivity index (χ2v) is 9.34. The lowest BCUT2D eigenvalue weighted by Crippen LogP contribution is -2.42. The fraction of sp³-hybridized carbons (Fsp3) is 0.250. The number of anilines is 1. The van der Waals surface area contributed by atoms with Crippen LogP contribution >= 0.6 is 11.8 Å². The van der Waals surface area contributed by atoms with Crippen molar-refractivity contribution in [3.8, 4) is 0 Å². The zero-order valence-electron chi connectivity index (χ0n) is 14.8. The molecule has 0 bridgehead atoms. The Balaban J connectivity index is 1.79. The van der Waals surface area contributed by atoms with Crippen molar-refractivity contribution in [1.29, 1.82) is 0 Å². The molecule has 1 heterocycles. The minimum atomic E-state index is -3.24. The zero-order valence-corrected chi connectivity index (χ0v) is 16.4.